The fourth-order valence-electron chi connectivity index (χ4n) is 3.78. The number of fused-ring (bicyclic) bond motifs is 5. The molecule has 0 bridgehead atoms. The molecule has 6 nitrogen and oxygen atoms in total. The van der Waals surface area contributed by atoms with Crippen molar-refractivity contribution in [2.24, 2.45) is 0 Å². The first kappa shape index (κ1) is 17.3. The first-order valence-electron chi connectivity index (χ1n) is 9.10. The summed E-state index contributed by atoms with van der Waals surface area (Å²) >= 11 is 1.39. The highest BCUT2D eigenvalue weighted by Crippen LogP contribution is 2.42. The summed E-state index contributed by atoms with van der Waals surface area (Å²) in [5.74, 6) is 0.705. The fraction of sp³-hybridized carbons (Fsp3) is 0.286. The second kappa shape index (κ2) is 6.12. The van der Waals surface area contributed by atoms with Gasteiger partial charge in [0.15, 0.2) is 5.76 Å². The molecule has 142 valence electrons. The predicted molar refractivity (Wildman–Crippen MR) is 110 cm³/mol. The van der Waals surface area contributed by atoms with Crippen LogP contribution in [-0.2, 0) is 24.3 Å². The van der Waals surface area contributed by atoms with Gasteiger partial charge >= 0.3 is 0 Å². The van der Waals surface area contributed by atoms with E-state index in [1.54, 1.807) is 23.2 Å². The van der Waals surface area contributed by atoms with Crippen molar-refractivity contribution in [3.05, 3.63) is 58.9 Å². The van der Waals surface area contributed by atoms with E-state index < -0.39 is 0 Å². The van der Waals surface area contributed by atoms with Crippen LogP contribution < -0.4 is 5.56 Å². The maximum absolute atomic E-state index is 12.9. The molecule has 0 radical (unpaired) electrons. The lowest BCUT2D eigenvalue weighted by atomic mass is 9.89. The van der Waals surface area contributed by atoms with Gasteiger partial charge in [0.25, 0.3) is 5.56 Å². The highest BCUT2D eigenvalue weighted by molar-refractivity contribution is 7.25. The van der Waals surface area contributed by atoms with E-state index in [0.717, 1.165) is 39.0 Å². The number of ether oxygens (including phenoxy) is 1. The van der Waals surface area contributed by atoms with Crippen molar-refractivity contribution >= 4 is 31.8 Å². The lowest BCUT2D eigenvalue weighted by Crippen LogP contribution is -2.32. The van der Waals surface area contributed by atoms with Crippen LogP contribution in [0.15, 0.2) is 46.6 Å². The summed E-state index contributed by atoms with van der Waals surface area (Å²) in [7, 11) is 0. The highest BCUT2D eigenvalue weighted by Gasteiger charge is 2.32. The van der Waals surface area contributed by atoms with Gasteiger partial charge in [-0.1, -0.05) is 6.08 Å². The largest absolute Gasteiger partial charge is 0.463 e. The Morgan fingerprint density at radius 2 is 2.25 bits per heavy atom. The molecule has 0 saturated carbocycles. The third-order valence-electron chi connectivity index (χ3n) is 5.10. The SMILES string of the molecule is C=CCn1cnc2c(sc3nc(-c4ccco4)c4c(c32)CC(C)(C)OC4)c1=O. The molecular formula is C21H19N3O3S. The molecule has 0 aliphatic carbocycles. The van der Waals surface area contributed by atoms with E-state index in [9.17, 15) is 4.79 Å². The lowest BCUT2D eigenvalue weighted by molar-refractivity contribution is -0.0395. The van der Waals surface area contributed by atoms with E-state index in [1.807, 2.05) is 12.1 Å². The molecule has 0 saturated heterocycles. The smallest absolute Gasteiger partial charge is 0.271 e. The quantitative estimate of drug-likeness (QED) is 0.485. The maximum Gasteiger partial charge on any atom is 0.271 e. The molecule has 1 aliphatic rings. The van der Waals surface area contributed by atoms with Crippen LogP contribution in [0.4, 0.5) is 0 Å². The summed E-state index contributed by atoms with van der Waals surface area (Å²) in [4.78, 5) is 23.2. The van der Waals surface area contributed by atoms with Crippen molar-refractivity contribution < 1.29 is 9.15 Å². The Bertz CT molecular complexity index is 1280. The van der Waals surface area contributed by atoms with E-state index in [4.69, 9.17) is 14.1 Å². The van der Waals surface area contributed by atoms with Crippen LogP contribution in [0.5, 0.6) is 0 Å². The van der Waals surface area contributed by atoms with Crippen molar-refractivity contribution in [2.75, 3.05) is 0 Å². The van der Waals surface area contributed by atoms with E-state index in [1.165, 1.54) is 11.3 Å². The molecule has 28 heavy (non-hydrogen) atoms. The van der Waals surface area contributed by atoms with Crippen LogP contribution in [0.25, 0.3) is 31.9 Å². The molecule has 5 heterocycles. The molecule has 0 atom stereocenters. The molecule has 0 N–H and O–H groups in total. The number of aromatic nitrogens is 3. The molecule has 0 unspecified atom stereocenters. The van der Waals surface area contributed by atoms with E-state index in [0.29, 0.717) is 23.6 Å². The Morgan fingerprint density at radius 1 is 1.39 bits per heavy atom. The molecule has 0 spiro atoms. The molecule has 1 aliphatic heterocycles. The van der Waals surface area contributed by atoms with Gasteiger partial charge in [0.05, 0.1) is 30.3 Å². The Balaban J connectivity index is 1.89. The topological polar surface area (TPSA) is 70.2 Å². The van der Waals surface area contributed by atoms with Crippen molar-refractivity contribution in [1.29, 1.82) is 0 Å². The number of allylic oxidation sites excluding steroid dienone is 1. The zero-order valence-corrected chi connectivity index (χ0v) is 16.5. The maximum atomic E-state index is 12.9. The van der Waals surface area contributed by atoms with Crippen molar-refractivity contribution in [2.45, 2.75) is 39.0 Å². The van der Waals surface area contributed by atoms with Crippen molar-refractivity contribution in [3.8, 4) is 11.5 Å². The number of nitrogens with zero attached hydrogens (tertiary/aromatic N) is 3. The first-order chi connectivity index (χ1) is 13.5. The fourth-order valence-corrected chi connectivity index (χ4v) is 4.89. The number of hydrogen-bond donors (Lipinski definition) is 0. The minimum absolute atomic E-state index is 0.0625. The zero-order chi connectivity index (χ0) is 19.5. The first-order valence-corrected chi connectivity index (χ1v) is 9.92. The van der Waals surface area contributed by atoms with Crippen LogP contribution in [0.1, 0.15) is 25.0 Å². The van der Waals surface area contributed by atoms with Crippen LogP contribution in [0.3, 0.4) is 0 Å². The van der Waals surface area contributed by atoms with Gasteiger partial charge in [-0.25, -0.2) is 9.97 Å². The summed E-state index contributed by atoms with van der Waals surface area (Å²) < 4.78 is 13.9. The van der Waals surface area contributed by atoms with Gasteiger partial charge in [0, 0.05) is 23.9 Å². The Labute approximate surface area is 165 Å². The van der Waals surface area contributed by atoms with Gasteiger partial charge in [0.1, 0.15) is 15.2 Å². The normalized spacial score (nSPS) is 15.8. The van der Waals surface area contributed by atoms with Crippen molar-refractivity contribution in [3.63, 3.8) is 0 Å². The third kappa shape index (κ3) is 2.54. The van der Waals surface area contributed by atoms with Crippen LogP contribution in [0, 0.1) is 0 Å². The van der Waals surface area contributed by atoms with E-state index in [2.05, 4.69) is 25.4 Å². The summed E-state index contributed by atoms with van der Waals surface area (Å²) in [6, 6.07) is 3.75. The standard InChI is InChI=1S/C21H19N3O3S/c1-4-7-24-11-22-17-15-12-9-21(2,3)27-10-13(12)16(14-6-5-8-26-14)23-19(15)28-18(17)20(24)25/h4-6,8,11H,1,7,9-10H2,2-3H3. The summed E-state index contributed by atoms with van der Waals surface area (Å²) in [6.07, 6.45) is 5.65. The summed E-state index contributed by atoms with van der Waals surface area (Å²) in [5, 5.41) is 0.963. The lowest BCUT2D eigenvalue weighted by Gasteiger charge is -2.32. The molecule has 5 rings (SSSR count). The molecule has 0 fully saturated rings. The molecule has 0 amide bonds. The average Bonchev–Trinajstić information content (AvgIpc) is 3.30. The Kier molecular flexibility index (Phi) is 3.79. The molecule has 7 heteroatoms. The average molecular weight is 393 g/mol. The van der Waals surface area contributed by atoms with Crippen LogP contribution in [0.2, 0.25) is 0 Å². The zero-order valence-electron chi connectivity index (χ0n) is 15.7. The monoisotopic (exact) mass is 393 g/mol. The van der Waals surface area contributed by atoms with Gasteiger partial charge in [-0.15, -0.1) is 17.9 Å². The molecule has 0 aromatic carbocycles. The van der Waals surface area contributed by atoms with Gasteiger partial charge in [-0.3, -0.25) is 9.36 Å². The minimum atomic E-state index is -0.298. The number of pyridine rings is 1. The molecular weight excluding hydrogens is 374 g/mol. The van der Waals surface area contributed by atoms with Crippen molar-refractivity contribution in [1.82, 2.24) is 14.5 Å². The van der Waals surface area contributed by atoms with Crippen LogP contribution in [-0.4, -0.2) is 20.1 Å². The van der Waals surface area contributed by atoms with Gasteiger partial charge in [0.2, 0.25) is 0 Å². The third-order valence-corrected chi connectivity index (χ3v) is 6.16. The predicted octanol–water partition coefficient (Wildman–Crippen LogP) is 4.30. The van der Waals surface area contributed by atoms with E-state index >= 15 is 0 Å². The Hall–Kier alpha value is -2.77. The number of thiophene rings is 1. The van der Waals surface area contributed by atoms with Gasteiger partial charge in [-0.05, 0) is 31.5 Å². The Morgan fingerprint density at radius 3 is 3.00 bits per heavy atom. The van der Waals surface area contributed by atoms with Gasteiger partial charge < -0.3 is 9.15 Å². The molecule has 4 aromatic heterocycles. The second-order valence-electron chi connectivity index (χ2n) is 7.57. The van der Waals surface area contributed by atoms with Crippen LogP contribution >= 0.6 is 11.3 Å². The second-order valence-corrected chi connectivity index (χ2v) is 8.57. The number of furan rings is 1. The van der Waals surface area contributed by atoms with Gasteiger partial charge in [-0.2, -0.15) is 0 Å². The summed E-state index contributed by atoms with van der Waals surface area (Å²) in [5.41, 5.74) is 3.30. The number of rotatable bonds is 3. The minimum Gasteiger partial charge on any atom is -0.463 e. The summed E-state index contributed by atoms with van der Waals surface area (Å²) in [6.45, 7) is 8.75. The van der Waals surface area contributed by atoms with E-state index in [-0.39, 0.29) is 11.2 Å². The highest BCUT2D eigenvalue weighted by atomic mass is 32.1. The molecule has 4 aromatic rings. The number of hydrogen-bond acceptors (Lipinski definition) is 6.